The van der Waals surface area contributed by atoms with Crippen LogP contribution in [-0.4, -0.2) is 20.5 Å². The molecule has 1 aromatic rings. The van der Waals surface area contributed by atoms with E-state index in [-0.39, 0.29) is 11.1 Å². The molecule has 2 rings (SSSR count). The highest BCUT2D eigenvalue weighted by molar-refractivity contribution is 7.89. The maximum absolute atomic E-state index is 12.2. The second-order valence-corrected chi connectivity index (χ2v) is 7.67. The summed E-state index contributed by atoms with van der Waals surface area (Å²) in [5, 5.41) is 3.30. The molecular formula is C14H24N2O3S. The summed E-state index contributed by atoms with van der Waals surface area (Å²) >= 11 is 0. The molecule has 1 aromatic heterocycles. The second kappa shape index (κ2) is 6.28. The minimum atomic E-state index is -3.55. The van der Waals surface area contributed by atoms with Crippen molar-refractivity contribution in [1.82, 2.24) is 10.0 Å². The van der Waals surface area contributed by atoms with Gasteiger partial charge in [0.15, 0.2) is 0 Å². The molecule has 0 amide bonds. The number of sulfonamides is 1. The van der Waals surface area contributed by atoms with Gasteiger partial charge < -0.3 is 9.73 Å². The zero-order chi connectivity index (χ0) is 14.8. The highest BCUT2D eigenvalue weighted by Crippen LogP contribution is 2.20. The van der Waals surface area contributed by atoms with E-state index >= 15 is 0 Å². The van der Waals surface area contributed by atoms with Gasteiger partial charge in [0.05, 0.1) is 6.54 Å². The number of hydrogen-bond acceptors (Lipinski definition) is 4. The first kappa shape index (κ1) is 15.5. The Hall–Kier alpha value is -0.850. The molecule has 6 heteroatoms. The molecule has 1 aliphatic rings. The molecule has 0 aliphatic heterocycles. The Bertz CT molecular complexity index is 532. The highest BCUT2D eigenvalue weighted by atomic mass is 32.2. The molecule has 0 radical (unpaired) electrons. The fourth-order valence-corrected chi connectivity index (χ4v) is 3.41. The van der Waals surface area contributed by atoms with Crippen LogP contribution in [0.25, 0.3) is 0 Å². The lowest BCUT2D eigenvalue weighted by molar-refractivity contribution is 0.394. The van der Waals surface area contributed by atoms with Crippen molar-refractivity contribution in [2.75, 3.05) is 0 Å². The van der Waals surface area contributed by atoms with E-state index in [1.165, 1.54) is 18.9 Å². The third kappa shape index (κ3) is 4.61. The lowest BCUT2D eigenvalue weighted by atomic mass is 10.1. The fraction of sp³-hybridized carbons (Fsp3) is 0.714. The molecule has 1 saturated carbocycles. The van der Waals surface area contributed by atoms with Crippen LogP contribution in [0.2, 0.25) is 0 Å². The summed E-state index contributed by atoms with van der Waals surface area (Å²) in [6, 6.07) is 3.72. The number of nitrogens with one attached hydrogen (secondary N) is 2. The van der Waals surface area contributed by atoms with E-state index in [2.05, 4.69) is 23.9 Å². The fourth-order valence-electron chi connectivity index (χ4n) is 2.21. The first-order valence-corrected chi connectivity index (χ1v) is 8.69. The summed E-state index contributed by atoms with van der Waals surface area (Å²) in [5.74, 6) is 1.11. The highest BCUT2D eigenvalue weighted by Gasteiger charge is 2.23. The molecular weight excluding hydrogens is 276 g/mol. The van der Waals surface area contributed by atoms with Gasteiger partial charge in [0, 0.05) is 12.1 Å². The van der Waals surface area contributed by atoms with Crippen LogP contribution in [0.4, 0.5) is 0 Å². The van der Waals surface area contributed by atoms with Gasteiger partial charge in [-0.3, -0.25) is 0 Å². The van der Waals surface area contributed by atoms with E-state index in [4.69, 9.17) is 4.42 Å². The lowest BCUT2D eigenvalue weighted by Gasteiger charge is -2.14. The van der Waals surface area contributed by atoms with Gasteiger partial charge in [-0.2, -0.15) is 0 Å². The molecule has 1 heterocycles. The Morgan fingerprint density at radius 1 is 1.30 bits per heavy atom. The molecule has 0 aromatic carbocycles. The SMILES string of the molecule is CC(C)CC(C)NS(=O)(=O)c1ccc(CNC2CC2)o1. The smallest absolute Gasteiger partial charge is 0.274 e. The normalized spacial score (nSPS) is 17.6. The van der Waals surface area contributed by atoms with E-state index in [9.17, 15) is 8.42 Å². The van der Waals surface area contributed by atoms with Gasteiger partial charge in [0.25, 0.3) is 10.0 Å². The van der Waals surface area contributed by atoms with Crippen LogP contribution in [0, 0.1) is 5.92 Å². The number of furan rings is 1. The van der Waals surface area contributed by atoms with Crippen LogP contribution >= 0.6 is 0 Å². The minimum absolute atomic E-state index is 0.000651. The van der Waals surface area contributed by atoms with Crippen LogP contribution < -0.4 is 10.0 Å². The first-order chi connectivity index (χ1) is 9.37. The van der Waals surface area contributed by atoms with Crippen molar-refractivity contribution >= 4 is 10.0 Å². The van der Waals surface area contributed by atoms with Crippen LogP contribution in [0.15, 0.2) is 21.6 Å². The van der Waals surface area contributed by atoms with Gasteiger partial charge in [0.2, 0.25) is 5.09 Å². The molecule has 0 spiro atoms. The van der Waals surface area contributed by atoms with Crippen molar-refractivity contribution in [1.29, 1.82) is 0 Å². The standard InChI is InChI=1S/C14H24N2O3S/c1-10(2)8-11(3)16-20(17,18)14-7-6-13(19-14)9-15-12-4-5-12/h6-7,10-12,15-16H,4-5,8-9H2,1-3H3. The Balaban J connectivity index is 1.94. The van der Waals surface area contributed by atoms with Gasteiger partial charge in [-0.1, -0.05) is 13.8 Å². The third-order valence-electron chi connectivity index (χ3n) is 3.23. The number of rotatable bonds is 8. The summed E-state index contributed by atoms with van der Waals surface area (Å²) in [4.78, 5) is 0. The number of hydrogen-bond donors (Lipinski definition) is 2. The molecule has 1 fully saturated rings. The van der Waals surface area contributed by atoms with Crippen molar-refractivity contribution < 1.29 is 12.8 Å². The van der Waals surface area contributed by atoms with Crippen LogP contribution in [0.1, 0.15) is 45.8 Å². The molecule has 20 heavy (non-hydrogen) atoms. The summed E-state index contributed by atoms with van der Waals surface area (Å²) in [6.45, 7) is 6.59. The zero-order valence-corrected chi connectivity index (χ0v) is 13.2. The molecule has 0 saturated heterocycles. The van der Waals surface area contributed by atoms with E-state index in [0.29, 0.717) is 24.3 Å². The van der Waals surface area contributed by atoms with Crippen molar-refractivity contribution in [2.24, 2.45) is 5.92 Å². The van der Waals surface area contributed by atoms with Crippen LogP contribution in [0.3, 0.4) is 0 Å². The molecule has 114 valence electrons. The quantitative estimate of drug-likeness (QED) is 0.772. The van der Waals surface area contributed by atoms with Gasteiger partial charge in [-0.05, 0) is 44.2 Å². The average Bonchev–Trinajstić information content (AvgIpc) is 3.01. The Kier molecular flexibility index (Phi) is 4.88. The minimum Gasteiger partial charge on any atom is -0.447 e. The van der Waals surface area contributed by atoms with Gasteiger partial charge in [-0.15, -0.1) is 0 Å². The largest absolute Gasteiger partial charge is 0.447 e. The van der Waals surface area contributed by atoms with Gasteiger partial charge >= 0.3 is 0 Å². The maximum Gasteiger partial charge on any atom is 0.274 e. The van der Waals surface area contributed by atoms with Gasteiger partial charge in [0.1, 0.15) is 5.76 Å². The molecule has 0 bridgehead atoms. The third-order valence-corrected chi connectivity index (χ3v) is 4.69. The maximum atomic E-state index is 12.2. The molecule has 1 unspecified atom stereocenters. The predicted octanol–water partition coefficient (Wildman–Crippen LogP) is 2.24. The van der Waals surface area contributed by atoms with Crippen LogP contribution in [-0.2, 0) is 16.6 Å². The Morgan fingerprint density at radius 2 is 2.00 bits per heavy atom. The summed E-state index contributed by atoms with van der Waals surface area (Å²) in [7, 11) is -3.55. The topological polar surface area (TPSA) is 71.3 Å². The zero-order valence-electron chi connectivity index (χ0n) is 12.3. The van der Waals surface area contributed by atoms with Crippen molar-refractivity contribution in [2.45, 2.75) is 63.8 Å². The lowest BCUT2D eigenvalue weighted by Crippen LogP contribution is -2.33. The van der Waals surface area contributed by atoms with Crippen LogP contribution in [0.5, 0.6) is 0 Å². The van der Waals surface area contributed by atoms with Crippen molar-refractivity contribution in [3.05, 3.63) is 17.9 Å². The Morgan fingerprint density at radius 3 is 2.60 bits per heavy atom. The molecule has 2 N–H and O–H groups in total. The van der Waals surface area contributed by atoms with Crippen molar-refractivity contribution in [3.63, 3.8) is 0 Å². The second-order valence-electron chi connectivity index (χ2n) is 6.03. The van der Waals surface area contributed by atoms with E-state index < -0.39 is 10.0 Å². The van der Waals surface area contributed by atoms with E-state index in [1.807, 2.05) is 6.92 Å². The average molecular weight is 300 g/mol. The van der Waals surface area contributed by atoms with Gasteiger partial charge in [-0.25, -0.2) is 13.1 Å². The predicted molar refractivity (Wildman–Crippen MR) is 77.8 cm³/mol. The summed E-state index contributed by atoms with van der Waals surface area (Å²) in [5.41, 5.74) is 0. The first-order valence-electron chi connectivity index (χ1n) is 7.21. The van der Waals surface area contributed by atoms with Crippen molar-refractivity contribution in [3.8, 4) is 0 Å². The van der Waals surface area contributed by atoms with E-state index in [0.717, 1.165) is 6.42 Å². The molecule has 1 aliphatic carbocycles. The molecule has 1 atom stereocenters. The molecule has 5 nitrogen and oxygen atoms in total. The van der Waals surface area contributed by atoms with E-state index in [1.54, 1.807) is 6.07 Å². The summed E-state index contributed by atoms with van der Waals surface area (Å²) in [6.07, 6.45) is 3.19. The monoisotopic (exact) mass is 300 g/mol. The Labute approximate surface area is 121 Å². The summed E-state index contributed by atoms with van der Waals surface area (Å²) < 4.78 is 32.4.